The Morgan fingerprint density at radius 2 is 1.50 bits per heavy atom. The van der Waals surface area contributed by atoms with Gasteiger partial charge in [-0.2, -0.15) is 0 Å². The van der Waals surface area contributed by atoms with Crippen molar-refractivity contribution in [3.05, 3.63) is 35.9 Å². The minimum Gasteiger partial charge on any atom is -0.505 e. The molecule has 0 atom stereocenters. The summed E-state index contributed by atoms with van der Waals surface area (Å²) in [5.41, 5.74) is 9.12. The van der Waals surface area contributed by atoms with E-state index in [9.17, 15) is 4.79 Å². The van der Waals surface area contributed by atoms with Crippen LogP contribution >= 0.6 is 0 Å². The number of hydrogen-bond donors (Lipinski definition) is 1. The topological polar surface area (TPSA) is 52.3 Å². The molecule has 0 spiro atoms. The Hall–Kier alpha value is -0.859. The van der Waals surface area contributed by atoms with E-state index in [0.717, 1.165) is 5.67 Å². The van der Waals surface area contributed by atoms with Crippen LogP contribution in [0.5, 0.6) is 0 Å². The molecule has 0 aliphatic rings. The second-order valence-corrected chi connectivity index (χ2v) is 24.1. The fourth-order valence-electron chi connectivity index (χ4n) is 4.03. The highest BCUT2D eigenvalue weighted by Gasteiger charge is 2.39. The van der Waals surface area contributed by atoms with E-state index in [1.165, 1.54) is 17.3 Å². The lowest BCUT2D eigenvalue weighted by Gasteiger charge is -2.36. The first-order valence-electron chi connectivity index (χ1n) is 7.93. The molecule has 1 aromatic carbocycles. The molecule has 0 unspecified atom stereocenters. The molecular formula is C16H31NO2Si3. The number of nitrogens with two attached hydrogens (primary N) is 1. The highest BCUT2D eigenvalue weighted by Crippen LogP contribution is 2.30. The van der Waals surface area contributed by atoms with E-state index < -0.39 is 30.6 Å². The van der Waals surface area contributed by atoms with Gasteiger partial charge >= 0.3 is 6.09 Å². The van der Waals surface area contributed by atoms with Crippen molar-refractivity contribution in [3.63, 3.8) is 0 Å². The Bertz CT molecular complexity index is 501. The average molecular weight is 354 g/mol. The highest BCUT2D eigenvalue weighted by molar-refractivity contribution is 7.01. The Balaban J connectivity index is 2.71. The molecule has 0 radical (unpaired) electrons. The van der Waals surface area contributed by atoms with Crippen molar-refractivity contribution < 1.29 is 9.22 Å². The molecule has 3 nitrogen and oxygen atoms in total. The maximum atomic E-state index is 11.1. The number of carbonyl (C=O) groups is 1. The third kappa shape index (κ3) is 7.42. The molecule has 0 aliphatic carbocycles. The SMILES string of the molecule is C[Si](C)(Cc1ccccc1)C[Si](C)(C)C[Si](C)(C)OC(N)=O. The lowest BCUT2D eigenvalue weighted by molar-refractivity contribution is 0.209. The van der Waals surface area contributed by atoms with E-state index in [2.05, 4.69) is 69.6 Å². The summed E-state index contributed by atoms with van der Waals surface area (Å²) >= 11 is 0. The summed E-state index contributed by atoms with van der Waals surface area (Å²) in [5.74, 6) is 0. The van der Waals surface area contributed by atoms with Crippen LogP contribution in [0.4, 0.5) is 4.79 Å². The van der Waals surface area contributed by atoms with Crippen LogP contribution in [0.15, 0.2) is 30.3 Å². The first-order chi connectivity index (χ1) is 9.91. The number of rotatable bonds is 7. The van der Waals surface area contributed by atoms with Crippen molar-refractivity contribution in [2.24, 2.45) is 5.73 Å². The van der Waals surface area contributed by atoms with Crippen molar-refractivity contribution in [1.82, 2.24) is 0 Å². The summed E-state index contributed by atoms with van der Waals surface area (Å²) in [6.07, 6.45) is -0.609. The molecule has 0 aromatic heterocycles. The van der Waals surface area contributed by atoms with Gasteiger partial charge in [-0.25, -0.2) is 4.79 Å². The van der Waals surface area contributed by atoms with Crippen LogP contribution in [-0.4, -0.2) is 30.6 Å². The van der Waals surface area contributed by atoms with Gasteiger partial charge in [0.2, 0.25) is 8.32 Å². The van der Waals surface area contributed by atoms with Gasteiger partial charge in [0.15, 0.2) is 0 Å². The summed E-state index contributed by atoms with van der Waals surface area (Å²) in [5, 5.41) is 0. The third-order valence-corrected chi connectivity index (χ3v) is 20.8. The van der Waals surface area contributed by atoms with Gasteiger partial charge in [-0.15, -0.1) is 0 Å². The summed E-state index contributed by atoms with van der Waals surface area (Å²) < 4.78 is 5.43. The second-order valence-electron chi connectivity index (χ2n) is 8.53. The van der Waals surface area contributed by atoms with Gasteiger partial charge < -0.3 is 10.2 Å². The van der Waals surface area contributed by atoms with Crippen LogP contribution in [0.1, 0.15) is 5.56 Å². The van der Waals surface area contributed by atoms with Crippen LogP contribution in [0, 0.1) is 0 Å². The van der Waals surface area contributed by atoms with E-state index in [1.54, 1.807) is 0 Å². The lowest BCUT2D eigenvalue weighted by atomic mass is 10.2. The summed E-state index contributed by atoms with van der Waals surface area (Å²) in [6.45, 7) is 14.1. The number of benzene rings is 1. The summed E-state index contributed by atoms with van der Waals surface area (Å²) in [4.78, 5) is 11.1. The molecule has 1 rings (SSSR count). The van der Waals surface area contributed by atoms with E-state index in [0.29, 0.717) is 0 Å². The van der Waals surface area contributed by atoms with Gasteiger partial charge in [-0.3, -0.25) is 0 Å². The van der Waals surface area contributed by atoms with Crippen molar-refractivity contribution >= 4 is 30.6 Å². The van der Waals surface area contributed by atoms with Crippen molar-refractivity contribution in [2.75, 3.05) is 0 Å². The smallest absolute Gasteiger partial charge is 0.390 e. The zero-order valence-corrected chi connectivity index (χ0v) is 17.9. The Kier molecular flexibility index (Phi) is 6.23. The fraction of sp³-hybridized carbons (Fsp3) is 0.562. The molecule has 124 valence electrons. The predicted octanol–water partition coefficient (Wildman–Crippen LogP) is 4.56. The minimum absolute atomic E-state index is 0.609. The first kappa shape index (κ1) is 19.2. The largest absolute Gasteiger partial charge is 0.505 e. The van der Waals surface area contributed by atoms with Gasteiger partial charge in [0, 0.05) is 16.1 Å². The molecule has 22 heavy (non-hydrogen) atoms. The van der Waals surface area contributed by atoms with Crippen LogP contribution in [0.3, 0.4) is 0 Å². The van der Waals surface area contributed by atoms with Gasteiger partial charge in [-0.05, 0) is 24.8 Å². The molecule has 1 amide bonds. The number of hydrogen-bond acceptors (Lipinski definition) is 2. The van der Waals surface area contributed by atoms with Crippen LogP contribution in [0.25, 0.3) is 0 Å². The van der Waals surface area contributed by atoms with E-state index in [1.807, 2.05) is 0 Å². The maximum Gasteiger partial charge on any atom is 0.390 e. The Morgan fingerprint density at radius 3 is 2.00 bits per heavy atom. The standard InChI is InChI=1S/C16H31NO2Si3/c1-20(2,12-15-10-8-7-9-11-15)13-21(3,4)14-22(5,6)19-16(17)18/h7-11H,12-14H2,1-6H3,(H2,17,18). The van der Waals surface area contributed by atoms with Crippen LogP contribution in [-0.2, 0) is 10.5 Å². The van der Waals surface area contributed by atoms with Crippen LogP contribution < -0.4 is 5.73 Å². The monoisotopic (exact) mass is 353 g/mol. The molecule has 0 saturated heterocycles. The fourth-order valence-corrected chi connectivity index (χ4v) is 27.9. The third-order valence-electron chi connectivity index (χ3n) is 3.76. The molecular weight excluding hydrogens is 322 g/mol. The number of carbonyl (C=O) groups excluding carboxylic acids is 1. The van der Waals surface area contributed by atoms with Gasteiger partial charge in [0.1, 0.15) is 0 Å². The summed E-state index contributed by atoms with van der Waals surface area (Å²) in [7, 11) is -4.70. The van der Waals surface area contributed by atoms with E-state index in [4.69, 9.17) is 10.2 Å². The van der Waals surface area contributed by atoms with Crippen molar-refractivity contribution in [2.45, 2.75) is 56.7 Å². The Morgan fingerprint density at radius 1 is 0.955 bits per heavy atom. The first-order valence-corrected chi connectivity index (χ1v) is 17.9. The molecule has 6 heteroatoms. The lowest BCUT2D eigenvalue weighted by Crippen LogP contribution is -2.49. The Labute approximate surface area is 138 Å². The van der Waals surface area contributed by atoms with Crippen LogP contribution in [0.2, 0.25) is 50.6 Å². The normalized spacial score (nSPS) is 13.0. The molecule has 2 N–H and O–H groups in total. The number of amides is 1. The second kappa shape index (κ2) is 7.14. The molecule has 0 bridgehead atoms. The van der Waals surface area contributed by atoms with Crippen molar-refractivity contribution in [1.29, 1.82) is 0 Å². The van der Waals surface area contributed by atoms with Gasteiger partial charge in [0.25, 0.3) is 0 Å². The minimum atomic E-state index is -1.98. The molecule has 1 aromatic rings. The molecule has 0 saturated carbocycles. The quantitative estimate of drug-likeness (QED) is 0.730. The molecule has 0 fully saturated rings. The zero-order valence-electron chi connectivity index (χ0n) is 14.9. The summed E-state index contributed by atoms with van der Waals surface area (Å²) in [6, 6.07) is 12.0. The van der Waals surface area contributed by atoms with E-state index in [-0.39, 0.29) is 0 Å². The van der Waals surface area contributed by atoms with Gasteiger partial charge in [-0.1, -0.05) is 67.8 Å². The predicted molar refractivity (Wildman–Crippen MR) is 103 cm³/mol. The zero-order chi connectivity index (χ0) is 17.0. The molecule has 0 aliphatic heterocycles. The number of primary amides is 1. The average Bonchev–Trinajstić information content (AvgIpc) is 2.23. The molecule has 0 heterocycles. The van der Waals surface area contributed by atoms with E-state index >= 15 is 0 Å². The van der Waals surface area contributed by atoms with Crippen molar-refractivity contribution in [3.8, 4) is 0 Å². The van der Waals surface area contributed by atoms with Gasteiger partial charge in [0.05, 0.1) is 0 Å². The highest BCUT2D eigenvalue weighted by atomic mass is 28.4. The maximum absolute atomic E-state index is 11.1.